The Hall–Kier alpha value is -0.980. The van der Waals surface area contributed by atoms with E-state index in [4.69, 9.17) is 14.2 Å². The predicted octanol–water partition coefficient (Wildman–Crippen LogP) is 11.3. The third kappa shape index (κ3) is 27.3. The van der Waals surface area contributed by atoms with Crippen LogP contribution < -0.4 is 0 Å². The Morgan fingerprint density at radius 3 is 1.48 bits per heavy atom. The molecule has 1 aromatic heterocycles. The van der Waals surface area contributed by atoms with Crippen LogP contribution in [0.4, 0.5) is 0 Å². The highest BCUT2D eigenvalue weighted by Crippen LogP contribution is 2.21. The fraction of sp³-hybridized carbons (Fsp3) is 0.947. The summed E-state index contributed by atoms with van der Waals surface area (Å²) in [5.41, 5.74) is 0.913. The molecule has 6 nitrogen and oxygen atoms in total. The van der Waals surface area contributed by atoms with Crippen LogP contribution in [0.3, 0.4) is 0 Å². The molecule has 0 atom stereocenters. The van der Waals surface area contributed by atoms with Gasteiger partial charge < -0.3 is 14.2 Å². The zero-order valence-corrected chi connectivity index (χ0v) is 29.8. The Kier molecular flexibility index (Phi) is 31.1. The SMILES string of the molecule is CCCCCCCCCCCCCCC(CCCCCCCCCCCCCC)COCc1cn(CCOCCOC)nn1. The third-order valence-electron chi connectivity index (χ3n) is 9.02. The first-order valence-corrected chi connectivity index (χ1v) is 19.3. The number of hydrogen-bond donors (Lipinski definition) is 0. The first-order valence-electron chi connectivity index (χ1n) is 19.3. The van der Waals surface area contributed by atoms with Gasteiger partial charge in [-0.15, -0.1) is 5.10 Å². The van der Waals surface area contributed by atoms with Crippen LogP contribution in [-0.4, -0.2) is 48.5 Å². The molecule has 0 amide bonds. The van der Waals surface area contributed by atoms with Gasteiger partial charge in [-0.2, -0.15) is 0 Å². The normalized spacial score (nSPS) is 11.7. The Bertz CT molecular complexity index is 656. The lowest BCUT2D eigenvalue weighted by atomic mass is 9.94. The fourth-order valence-corrected chi connectivity index (χ4v) is 6.11. The summed E-state index contributed by atoms with van der Waals surface area (Å²) < 4.78 is 18.6. The Labute approximate surface area is 274 Å². The Morgan fingerprint density at radius 2 is 1.02 bits per heavy atom. The zero-order valence-electron chi connectivity index (χ0n) is 29.8. The van der Waals surface area contributed by atoms with Crippen molar-refractivity contribution in [3.63, 3.8) is 0 Å². The van der Waals surface area contributed by atoms with Crippen LogP contribution in [0.5, 0.6) is 0 Å². The van der Waals surface area contributed by atoms with E-state index in [2.05, 4.69) is 24.2 Å². The minimum atomic E-state index is 0.553. The van der Waals surface area contributed by atoms with E-state index >= 15 is 0 Å². The standard InChI is InChI=1S/C38H75N3O3/c1-4-6-8-10-12-14-16-18-20-22-24-26-28-37(29-27-25-23-21-19-17-15-13-11-9-7-5-2)35-44-36-38-34-41(40-39-38)30-31-43-33-32-42-3/h34,37H,4-33,35-36H2,1-3H3. The molecule has 44 heavy (non-hydrogen) atoms. The molecular formula is C38H75N3O3. The fourth-order valence-electron chi connectivity index (χ4n) is 6.11. The zero-order chi connectivity index (χ0) is 31.6. The van der Waals surface area contributed by atoms with Crippen molar-refractivity contribution >= 4 is 0 Å². The summed E-state index contributed by atoms with van der Waals surface area (Å²) in [6.45, 7) is 8.56. The maximum Gasteiger partial charge on any atom is 0.108 e. The quantitative estimate of drug-likeness (QED) is 0.0698. The molecule has 1 heterocycles. The lowest BCUT2D eigenvalue weighted by Crippen LogP contribution is -2.10. The molecule has 0 aliphatic carbocycles. The average Bonchev–Trinajstić information content (AvgIpc) is 3.49. The summed E-state index contributed by atoms with van der Waals surface area (Å²) in [7, 11) is 1.69. The monoisotopic (exact) mass is 622 g/mol. The molecule has 0 unspecified atom stereocenters. The summed E-state index contributed by atoms with van der Waals surface area (Å²) in [4.78, 5) is 0. The van der Waals surface area contributed by atoms with Gasteiger partial charge in [0.25, 0.3) is 0 Å². The van der Waals surface area contributed by atoms with Crippen LogP contribution >= 0.6 is 0 Å². The summed E-state index contributed by atoms with van der Waals surface area (Å²) >= 11 is 0. The van der Waals surface area contributed by atoms with Crippen molar-refractivity contribution in [3.05, 3.63) is 11.9 Å². The molecule has 0 spiro atoms. The molecule has 0 aliphatic heterocycles. The van der Waals surface area contributed by atoms with Gasteiger partial charge in [0.15, 0.2) is 0 Å². The number of ether oxygens (including phenoxy) is 3. The average molecular weight is 622 g/mol. The van der Waals surface area contributed by atoms with E-state index in [0.717, 1.165) is 12.3 Å². The summed E-state index contributed by atoms with van der Waals surface area (Å²) in [6.07, 6.45) is 38.5. The van der Waals surface area contributed by atoms with Crippen LogP contribution in [0.2, 0.25) is 0 Å². The molecule has 6 heteroatoms. The minimum Gasteiger partial charge on any atom is -0.382 e. The highest BCUT2D eigenvalue weighted by molar-refractivity contribution is 4.89. The number of unbranched alkanes of at least 4 members (excludes halogenated alkanes) is 22. The van der Waals surface area contributed by atoms with E-state index < -0.39 is 0 Å². The summed E-state index contributed by atoms with van der Waals surface area (Å²) in [5, 5.41) is 8.54. The van der Waals surface area contributed by atoms with Gasteiger partial charge in [-0.3, -0.25) is 0 Å². The van der Waals surface area contributed by atoms with Crippen molar-refractivity contribution in [2.45, 2.75) is 194 Å². The molecule has 1 aromatic rings. The second-order valence-electron chi connectivity index (χ2n) is 13.3. The lowest BCUT2D eigenvalue weighted by molar-refractivity contribution is 0.0651. The molecular weight excluding hydrogens is 546 g/mol. The van der Waals surface area contributed by atoms with Crippen LogP contribution in [0, 0.1) is 5.92 Å². The van der Waals surface area contributed by atoms with Gasteiger partial charge in [0, 0.05) is 13.7 Å². The highest BCUT2D eigenvalue weighted by atomic mass is 16.5. The highest BCUT2D eigenvalue weighted by Gasteiger charge is 2.11. The second kappa shape index (κ2) is 33.4. The summed E-state index contributed by atoms with van der Waals surface area (Å²) in [5.74, 6) is 0.672. The molecule has 0 bridgehead atoms. The van der Waals surface area contributed by atoms with Gasteiger partial charge in [0.05, 0.1) is 39.2 Å². The van der Waals surface area contributed by atoms with E-state index in [1.54, 1.807) is 7.11 Å². The number of rotatable bonds is 36. The molecule has 0 fully saturated rings. The first-order chi connectivity index (χ1) is 21.8. The first kappa shape index (κ1) is 41.0. The maximum atomic E-state index is 6.20. The molecule has 1 rings (SSSR count). The lowest BCUT2D eigenvalue weighted by Gasteiger charge is -2.17. The number of methoxy groups -OCH3 is 1. The van der Waals surface area contributed by atoms with E-state index in [-0.39, 0.29) is 0 Å². The van der Waals surface area contributed by atoms with Crippen LogP contribution in [0.25, 0.3) is 0 Å². The smallest absolute Gasteiger partial charge is 0.108 e. The van der Waals surface area contributed by atoms with Gasteiger partial charge in [0.1, 0.15) is 5.69 Å². The summed E-state index contributed by atoms with van der Waals surface area (Å²) in [6, 6.07) is 0. The number of hydrogen-bond acceptors (Lipinski definition) is 5. The van der Waals surface area contributed by atoms with E-state index in [1.165, 1.54) is 167 Å². The van der Waals surface area contributed by atoms with E-state index in [9.17, 15) is 0 Å². The maximum absolute atomic E-state index is 6.20. The van der Waals surface area contributed by atoms with Gasteiger partial charge >= 0.3 is 0 Å². The van der Waals surface area contributed by atoms with Crippen molar-refractivity contribution in [1.82, 2.24) is 15.0 Å². The van der Waals surface area contributed by atoms with Gasteiger partial charge in [-0.05, 0) is 18.8 Å². The van der Waals surface area contributed by atoms with Crippen molar-refractivity contribution in [2.24, 2.45) is 5.92 Å². The molecule has 0 saturated heterocycles. The minimum absolute atomic E-state index is 0.553. The Morgan fingerprint density at radius 1 is 0.568 bits per heavy atom. The van der Waals surface area contributed by atoms with Crippen molar-refractivity contribution in [1.29, 1.82) is 0 Å². The molecule has 260 valence electrons. The molecule has 0 N–H and O–H groups in total. The second-order valence-corrected chi connectivity index (χ2v) is 13.3. The van der Waals surface area contributed by atoms with Gasteiger partial charge in [0.2, 0.25) is 0 Å². The van der Waals surface area contributed by atoms with E-state index in [1.807, 2.05) is 10.9 Å². The third-order valence-corrected chi connectivity index (χ3v) is 9.02. The topological polar surface area (TPSA) is 58.4 Å². The van der Waals surface area contributed by atoms with Crippen LogP contribution in [-0.2, 0) is 27.4 Å². The Balaban J connectivity index is 2.22. The molecule has 0 radical (unpaired) electrons. The van der Waals surface area contributed by atoms with Crippen LogP contribution in [0.15, 0.2) is 6.20 Å². The number of nitrogens with zero attached hydrogens (tertiary/aromatic N) is 3. The van der Waals surface area contributed by atoms with Crippen LogP contribution in [0.1, 0.15) is 186 Å². The molecule has 0 saturated carbocycles. The molecule has 0 aliphatic rings. The number of aromatic nitrogens is 3. The molecule has 0 aromatic carbocycles. The van der Waals surface area contributed by atoms with Crippen molar-refractivity contribution in [3.8, 4) is 0 Å². The van der Waals surface area contributed by atoms with Crippen molar-refractivity contribution in [2.75, 3.05) is 33.5 Å². The van der Waals surface area contributed by atoms with Gasteiger partial charge in [-0.1, -0.05) is 173 Å². The van der Waals surface area contributed by atoms with Gasteiger partial charge in [-0.25, -0.2) is 4.68 Å². The van der Waals surface area contributed by atoms with Crippen molar-refractivity contribution < 1.29 is 14.2 Å². The van der Waals surface area contributed by atoms with E-state index in [0.29, 0.717) is 38.9 Å². The predicted molar refractivity (Wildman–Crippen MR) is 187 cm³/mol. The largest absolute Gasteiger partial charge is 0.382 e.